The Labute approximate surface area is 83.7 Å². The largest absolute Gasteiger partial charge is 0.398 e. The topological polar surface area (TPSA) is 52.0 Å². The Morgan fingerprint density at radius 1 is 1.31 bits per heavy atom. The van der Waals surface area contributed by atoms with Crippen molar-refractivity contribution >= 4 is 23.1 Å². The summed E-state index contributed by atoms with van der Waals surface area (Å²) in [4.78, 5) is 1.13. The van der Waals surface area contributed by atoms with Crippen molar-refractivity contribution in [3.05, 3.63) is 17.2 Å². The van der Waals surface area contributed by atoms with Crippen LogP contribution in [0, 0.1) is 6.92 Å². The number of benzene rings is 1. The summed E-state index contributed by atoms with van der Waals surface area (Å²) in [5, 5.41) is 0. The molecule has 0 aliphatic carbocycles. The van der Waals surface area contributed by atoms with Crippen molar-refractivity contribution in [2.24, 2.45) is 0 Å². The van der Waals surface area contributed by atoms with Crippen LogP contribution < -0.4 is 11.5 Å². The summed E-state index contributed by atoms with van der Waals surface area (Å²) in [5.74, 6) is 0. The first kappa shape index (κ1) is 10.3. The fraction of sp³-hybridized carbons (Fsp3) is 0.400. The minimum absolute atomic E-state index is 0.821. The molecule has 1 rings (SSSR count). The summed E-state index contributed by atoms with van der Waals surface area (Å²) in [6.45, 7) is 4.08. The van der Waals surface area contributed by atoms with E-state index in [1.54, 1.807) is 11.8 Å². The van der Waals surface area contributed by atoms with Gasteiger partial charge >= 0.3 is 0 Å². The zero-order chi connectivity index (χ0) is 10.0. The number of anilines is 2. The molecule has 0 aliphatic rings. The Morgan fingerprint density at radius 2 is 1.92 bits per heavy atom. The van der Waals surface area contributed by atoms with Gasteiger partial charge in [-0.25, -0.2) is 0 Å². The molecular formula is C10H16N2S. The maximum atomic E-state index is 5.93. The van der Waals surface area contributed by atoms with Gasteiger partial charge < -0.3 is 11.5 Å². The minimum atomic E-state index is 0.821. The molecule has 1 aromatic carbocycles. The van der Waals surface area contributed by atoms with Crippen LogP contribution in [0.3, 0.4) is 0 Å². The van der Waals surface area contributed by atoms with Crippen molar-refractivity contribution in [2.75, 3.05) is 17.7 Å². The number of nitrogens with two attached hydrogens (primary N) is 2. The van der Waals surface area contributed by atoms with E-state index in [1.165, 1.54) is 5.56 Å². The average Bonchev–Trinajstić information content (AvgIpc) is 2.15. The van der Waals surface area contributed by atoms with Gasteiger partial charge in [-0.1, -0.05) is 6.92 Å². The van der Waals surface area contributed by atoms with Gasteiger partial charge in [-0.2, -0.15) is 0 Å². The molecule has 0 spiro atoms. The van der Waals surface area contributed by atoms with E-state index in [0.717, 1.165) is 28.3 Å². The fourth-order valence-corrected chi connectivity index (χ4v) is 1.98. The lowest BCUT2D eigenvalue weighted by Crippen LogP contribution is -2.02. The lowest BCUT2D eigenvalue weighted by molar-refractivity contribution is 1.12. The van der Waals surface area contributed by atoms with Crippen LogP contribution in [0.5, 0.6) is 0 Å². The normalized spacial score (nSPS) is 10.4. The van der Waals surface area contributed by atoms with Crippen LogP contribution in [0.2, 0.25) is 0 Å². The maximum Gasteiger partial charge on any atom is 0.0502 e. The van der Waals surface area contributed by atoms with Crippen molar-refractivity contribution in [3.63, 3.8) is 0 Å². The lowest BCUT2D eigenvalue weighted by Gasteiger charge is -2.13. The fourth-order valence-electron chi connectivity index (χ4n) is 1.35. The number of nitrogen functional groups attached to an aromatic ring is 2. The first-order chi connectivity index (χ1) is 6.11. The van der Waals surface area contributed by atoms with Gasteiger partial charge in [0.15, 0.2) is 0 Å². The molecule has 0 amide bonds. The Hall–Kier alpha value is -0.830. The van der Waals surface area contributed by atoms with Crippen LogP contribution in [-0.4, -0.2) is 6.26 Å². The van der Waals surface area contributed by atoms with Gasteiger partial charge in [0, 0.05) is 10.6 Å². The third-order valence-electron chi connectivity index (χ3n) is 2.33. The van der Waals surface area contributed by atoms with Crippen molar-refractivity contribution < 1.29 is 0 Å². The second-order valence-corrected chi connectivity index (χ2v) is 3.89. The number of thioether (sulfide) groups is 1. The molecule has 0 aromatic heterocycles. The van der Waals surface area contributed by atoms with E-state index in [-0.39, 0.29) is 0 Å². The van der Waals surface area contributed by atoms with Gasteiger partial charge in [-0.3, -0.25) is 0 Å². The predicted molar refractivity (Wildman–Crippen MR) is 61.2 cm³/mol. The van der Waals surface area contributed by atoms with Gasteiger partial charge in [0.05, 0.1) is 5.69 Å². The van der Waals surface area contributed by atoms with Gasteiger partial charge in [0.2, 0.25) is 0 Å². The third kappa shape index (κ3) is 1.75. The molecule has 1 aromatic rings. The number of hydrogen-bond donors (Lipinski definition) is 2. The SMILES string of the molecule is CCc1cc(SC)c(N)c(C)c1N. The maximum absolute atomic E-state index is 5.93. The standard InChI is InChI=1S/C10H16N2S/c1-4-7-5-8(13-3)10(12)6(2)9(7)11/h5H,4,11-12H2,1-3H3. The number of rotatable bonds is 2. The second kappa shape index (κ2) is 3.92. The van der Waals surface area contributed by atoms with E-state index in [2.05, 4.69) is 13.0 Å². The van der Waals surface area contributed by atoms with Crippen LogP contribution in [0.4, 0.5) is 11.4 Å². The van der Waals surface area contributed by atoms with E-state index >= 15 is 0 Å². The van der Waals surface area contributed by atoms with Crippen molar-refractivity contribution in [3.8, 4) is 0 Å². The van der Waals surface area contributed by atoms with Gasteiger partial charge in [0.25, 0.3) is 0 Å². The van der Waals surface area contributed by atoms with Crippen LogP contribution in [0.1, 0.15) is 18.1 Å². The lowest BCUT2D eigenvalue weighted by atomic mass is 10.0. The first-order valence-electron chi connectivity index (χ1n) is 4.33. The second-order valence-electron chi connectivity index (χ2n) is 3.04. The van der Waals surface area contributed by atoms with E-state index in [1.807, 2.05) is 13.2 Å². The Bertz CT molecular complexity index is 293. The smallest absolute Gasteiger partial charge is 0.0502 e. The predicted octanol–water partition coefficient (Wildman–Crippen LogP) is 2.44. The summed E-state index contributed by atoms with van der Waals surface area (Å²) in [6.07, 6.45) is 2.99. The molecule has 72 valence electrons. The number of aryl methyl sites for hydroxylation is 1. The monoisotopic (exact) mass is 196 g/mol. The molecule has 0 bridgehead atoms. The molecule has 3 heteroatoms. The van der Waals surface area contributed by atoms with Gasteiger partial charge in [-0.05, 0) is 36.8 Å². The highest BCUT2D eigenvalue weighted by Crippen LogP contribution is 2.32. The highest BCUT2D eigenvalue weighted by molar-refractivity contribution is 7.98. The molecule has 0 unspecified atom stereocenters. The summed E-state index contributed by atoms with van der Waals surface area (Å²) in [5.41, 5.74) is 15.7. The molecule has 0 heterocycles. The van der Waals surface area contributed by atoms with Crippen molar-refractivity contribution in [1.29, 1.82) is 0 Å². The first-order valence-corrected chi connectivity index (χ1v) is 5.55. The molecule has 0 radical (unpaired) electrons. The minimum Gasteiger partial charge on any atom is -0.398 e. The summed E-state index contributed by atoms with van der Waals surface area (Å²) in [6, 6.07) is 2.09. The molecular weight excluding hydrogens is 180 g/mol. The summed E-state index contributed by atoms with van der Waals surface area (Å²) in [7, 11) is 0. The van der Waals surface area contributed by atoms with Crippen LogP contribution in [0.15, 0.2) is 11.0 Å². The van der Waals surface area contributed by atoms with Gasteiger partial charge in [-0.15, -0.1) is 11.8 Å². The van der Waals surface area contributed by atoms with E-state index < -0.39 is 0 Å². The summed E-state index contributed by atoms with van der Waals surface area (Å²) >= 11 is 1.67. The van der Waals surface area contributed by atoms with Crippen molar-refractivity contribution in [1.82, 2.24) is 0 Å². The summed E-state index contributed by atoms with van der Waals surface area (Å²) < 4.78 is 0. The molecule has 4 N–H and O–H groups in total. The van der Waals surface area contributed by atoms with E-state index in [4.69, 9.17) is 11.5 Å². The highest BCUT2D eigenvalue weighted by atomic mass is 32.2. The Balaban J connectivity index is 3.36. The van der Waals surface area contributed by atoms with Crippen LogP contribution in [0.25, 0.3) is 0 Å². The number of hydrogen-bond acceptors (Lipinski definition) is 3. The molecule has 0 saturated carbocycles. The molecule has 2 nitrogen and oxygen atoms in total. The highest BCUT2D eigenvalue weighted by Gasteiger charge is 2.08. The molecule has 0 saturated heterocycles. The molecule has 13 heavy (non-hydrogen) atoms. The van der Waals surface area contributed by atoms with E-state index in [9.17, 15) is 0 Å². The quantitative estimate of drug-likeness (QED) is 0.564. The van der Waals surface area contributed by atoms with Gasteiger partial charge in [0.1, 0.15) is 0 Å². The average molecular weight is 196 g/mol. The van der Waals surface area contributed by atoms with E-state index in [0.29, 0.717) is 0 Å². The van der Waals surface area contributed by atoms with Crippen LogP contribution in [-0.2, 0) is 6.42 Å². The third-order valence-corrected chi connectivity index (χ3v) is 3.10. The van der Waals surface area contributed by atoms with Crippen LogP contribution >= 0.6 is 11.8 Å². The Morgan fingerprint density at radius 3 is 2.38 bits per heavy atom. The Kier molecular flexibility index (Phi) is 3.09. The molecule has 0 fully saturated rings. The zero-order valence-corrected chi connectivity index (χ0v) is 9.16. The molecule has 0 aliphatic heterocycles. The van der Waals surface area contributed by atoms with Crippen molar-refractivity contribution in [2.45, 2.75) is 25.2 Å². The molecule has 0 atom stereocenters. The zero-order valence-electron chi connectivity index (χ0n) is 8.35.